The molecule has 0 unspecified atom stereocenters. The van der Waals surface area contributed by atoms with Gasteiger partial charge in [0.25, 0.3) is 0 Å². The van der Waals surface area contributed by atoms with Crippen LogP contribution in [0.3, 0.4) is 0 Å². The molecule has 0 aliphatic rings. The van der Waals surface area contributed by atoms with E-state index in [9.17, 15) is 4.79 Å². The number of ether oxygens (including phenoxy) is 1. The molecule has 0 bridgehead atoms. The molecule has 5 heteroatoms. The van der Waals surface area contributed by atoms with Gasteiger partial charge in [0.1, 0.15) is 17.9 Å². The van der Waals surface area contributed by atoms with Crippen LogP contribution >= 0.6 is 0 Å². The van der Waals surface area contributed by atoms with Gasteiger partial charge in [0.2, 0.25) is 0 Å². The van der Waals surface area contributed by atoms with E-state index in [1.165, 1.54) is 10.9 Å². The maximum Gasteiger partial charge on any atom is 0.339 e. The molecular formula is C13H14N2O3. The summed E-state index contributed by atoms with van der Waals surface area (Å²) in [5, 5.41) is 12.9. The molecule has 0 saturated heterocycles. The summed E-state index contributed by atoms with van der Waals surface area (Å²) in [6.07, 6.45) is 1.33. The first-order valence-electron chi connectivity index (χ1n) is 5.51. The molecule has 0 fully saturated rings. The van der Waals surface area contributed by atoms with Crippen molar-refractivity contribution < 1.29 is 14.6 Å². The molecule has 1 aromatic carbocycles. The molecular weight excluding hydrogens is 232 g/mol. The maximum atomic E-state index is 11.0. The minimum atomic E-state index is -0.994. The van der Waals surface area contributed by atoms with Crippen LogP contribution in [0.25, 0.3) is 0 Å². The van der Waals surface area contributed by atoms with E-state index in [1.807, 2.05) is 31.2 Å². The Morgan fingerprint density at radius 1 is 1.50 bits per heavy atom. The van der Waals surface area contributed by atoms with Gasteiger partial charge in [-0.25, -0.2) is 4.79 Å². The summed E-state index contributed by atoms with van der Waals surface area (Å²) < 4.78 is 7.09. The summed E-state index contributed by atoms with van der Waals surface area (Å²) >= 11 is 0. The Balaban J connectivity index is 2.15. The third-order valence-electron chi connectivity index (χ3n) is 2.66. The highest BCUT2D eigenvalue weighted by molar-refractivity contribution is 5.88. The predicted molar refractivity (Wildman–Crippen MR) is 65.7 cm³/mol. The zero-order chi connectivity index (χ0) is 13.1. The first kappa shape index (κ1) is 12.2. The summed E-state index contributed by atoms with van der Waals surface area (Å²) in [5.74, 6) is -0.279. The number of carbonyl (C=O) groups is 1. The molecule has 1 heterocycles. The standard InChI is InChI=1S/C13H14N2O3/c1-9-4-3-5-10(6-9)18-8-12-11(13(16)17)7-14-15(12)2/h3-7H,8H2,1-2H3,(H,16,17). The topological polar surface area (TPSA) is 64.3 Å². The van der Waals surface area contributed by atoms with Crippen molar-refractivity contribution in [2.24, 2.45) is 7.05 Å². The minimum Gasteiger partial charge on any atom is -0.487 e. The summed E-state index contributed by atoms with van der Waals surface area (Å²) in [6.45, 7) is 2.15. The van der Waals surface area contributed by atoms with Gasteiger partial charge in [0.05, 0.1) is 11.9 Å². The van der Waals surface area contributed by atoms with Gasteiger partial charge in [0.15, 0.2) is 0 Å². The van der Waals surface area contributed by atoms with Gasteiger partial charge in [-0.05, 0) is 24.6 Å². The minimum absolute atomic E-state index is 0.171. The van der Waals surface area contributed by atoms with Gasteiger partial charge < -0.3 is 9.84 Å². The van der Waals surface area contributed by atoms with Crippen molar-refractivity contribution in [1.82, 2.24) is 9.78 Å². The fourth-order valence-electron chi connectivity index (χ4n) is 1.67. The highest BCUT2D eigenvalue weighted by Gasteiger charge is 2.15. The molecule has 1 aromatic heterocycles. The van der Waals surface area contributed by atoms with E-state index in [4.69, 9.17) is 9.84 Å². The second-order valence-electron chi connectivity index (χ2n) is 4.04. The number of hydrogen-bond donors (Lipinski definition) is 1. The van der Waals surface area contributed by atoms with E-state index in [0.717, 1.165) is 5.56 Å². The fraction of sp³-hybridized carbons (Fsp3) is 0.231. The second-order valence-corrected chi connectivity index (χ2v) is 4.04. The number of aryl methyl sites for hydroxylation is 2. The predicted octanol–water partition coefficient (Wildman–Crippen LogP) is 2.01. The van der Waals surface area contributed by atoms with Crippen LogP contribution in [0.2, 0.25) is 0 Å². The third-order valence-corrected chi connectivity index (χ3v) is 2.66. The highest BCUT2D eigenvalue weighted by atomic mass is 16.5. The van der Waals surface area contributed by atoms with E-state index in [0.29, 0.717) is 11.4 Å². The van der Waals surface area contributed by atoms with E-state index in [-0.39, 0.29) is 12.2 Å². The van der Waals surface area contributed by atoms with Crippen molar-refractivity contribution in [1.29, 1.82) is 0 Å². The molecule has 0 aliphatic heterocycles. The molecule has 0 radical (unpaired) electrons. The van der Waals surface area contributed by atoms with Crippen molar-refractivity contribution >= 4 is 5.97 Å². The lowest BCUT2D eigenvalue weighted by Crippen LogP contribution is -2.08. The maximum absolute atomic E-state index is 11.0. The smallest absolute Gasteiger partial charge is 0.339 e. The molecule has 1 N–H and O–H groups in total. The van der Waals surface area contributed by atoms with E-state index < -0.39 is 5.97 Å². The summed E-state index contributed by atoms with van der Waals surface area (Å²) in [6, 6.07) is 7.60. The first-order chi connectivity index (χ1) is 8.58. The number of aromatic nitrogens is 2. The Hall–Kier alpha value is -2.30. The van der Waals surface area contributed by atoms with Crippen molar-refractivity contribution in [2.45, 2.75) is 13.5 Å². The van der Waals surface area contributed by atoms with E-state index >= 15 is 0 Å². The molecule has 0 aliphatic carbocycles. The zero-order valence-electron chi connectivity index (χ0n) is 10.3. The Kier molecular flexibility index (Phi) is 3.32. The highest BCUT2D eigenvalue weighted by Crippen LogP contribution is 2.16. The lowest BCUT2D eigenvalue weighted by atomic mass is 10.2. The molecule has 0 amide bonds. The molecule has 0 spiro atoms. The molecule has 0 saturated carbocycles. The second kappa shape index (κ2) is 4.91. The third kappa shape index (κ3) is 2.51. The normalized spacial score (nSPS) is 10.3. The lowest BCUT2D eigenvalue weighted by Gasteiger charge is -2.08. The first-order valence-corrected chi connectivity index (χ1v) is 5.51. The number of carboxylic acid groups (broad SMARTS) is 1. The molecule has 5 nitrogen and oxygen atoms in total. The molecule has 18 heavy (non-hydrogen) atoms. The van der Waals surface area contributed by atoms with Crippen molar-refractivity contribution in [2.75, 3.05) is 0 Å². The molecule has 2 aromatic rings. The van der Waals surface area contributed by atoms with Gasteiger partial charge >= 0.3 is 5.97 Å². The average molecular weight is 246 g/mol. The number of rotatable bonds is 4. The van der Waals surface area contributed by atoms with Crippen molar-refractivity contribution in [3.8, 4) is 5.75 Å². The van der Waals surface area contributed by atoms with E-state index in [2.05, 4.69) is 5.10 Å². The van der Waals surface area contributed by atoms with Gasteiger partial charge in [-0.3, -0.25) is 4.68 Å². The lowest BCUT2D eigenvalue weighted by molar-refractivity contribution is 0.0693. The quantitative estimate of drug-likeness (QED) is 0.896. The summed E-state index contributed by atoms with van der Waals surface area (Å²) in [4.78, 5) is 11.0. The van der Waals surface area contributed by atoms with Gasteiger partial charge in [-0.2, -0.15) is 5.10 Å². The van der Waals surface area contributed by atoms with Gasteiger partial charge in [-0.15, -0.1) is 0 Å². The number of aromatic carboxylic acids is 1. The number of hydrogen-bond acceptors (Lipinski definition) is 3. The van der Waals surface area contributed by atoms with Crippen molar-refractivity contribution in [3.05, 3.63) is 47.3 Å². The number of nitrogens with zero attached hydrogens (tertiary/aromatic N) is 2. The average Bonchev–Trinajstić information content (AvgIpc) is 2.68. The Labute approximate surface area is 105 Å². The largest absolute Gasteiger partial charge is 0.487 e. The van der Waals surface area contributed by atoms with Crippen LogP contribution in [0, 0.1) is 6.92 Å². The zero-order valence-corrected chi connectivity index (χ0v) is 10.3. The molecule has 94 valence electrons. The Morgan fingerprint density at radius 2 is 2.28 bits per heavy atom. The molecule has 2 rings (SSSR count). The van der Waals surface area contributed by atoms with Crippen molar-refractivity contribution in [3.63, 3.8) is 0 Å². The monoisotopic (exact) mass is 246 g/mol. The van der Waals surface area contributed by atoms with Crippen LogP contribution in [-0.2, 0) is 13.7 Å². The SMILES string of the molecule is Cc1cccc(OCc2c(C(=O)O)cnn2C)c1. The summed E-state index contributed by atoms with van der Waals surface area (Å²) in [7, 11) is 1.70. The fourth-order valence-corrected chi connectivity index (χ4v) is 1.67. The van der Waals surface area contributed by atoms with Crippen LogP contribution in [-0.4, -0.2) is 20.9 Å². The number of carboxylic acids is 1. The van der Waals surface area contributed by atoms with Gasteiger partial charge in [0, 0.05) is 7.05 Å². The Morgan fingerprint density at radius 3 is 2.94 bits per heavy atom. The number of benzene rings is 1. The van der Waals surface area contributed by atoms with Gasteiger partial charge in [-0.1, -0.05) is 12.1 Å². The molecule has 0 atom stereocenters. The van der Waals surface area contributed by atoms with Crippen LogP contribution in [0.5, 0.6) is 5.75 Å². The van der Waals surface area contributed by atoms with Crippen LogP contribution < -0.4 is 4.74 Å². The Bertz CT molecular complexity index is 575. The van der Waals surface area contributed by atoms with E-state index in [1.54, 1.807) is 7.05 Å². The van der Waals surface area contributed by atoms with Crippen LogP contribution in [0.1, 0.15) is 21.6 Å². The van der Waals surface area contributed by atoms with Crippen LogP contribution in [0.15, 0.2) is 30.5 Å². The van der Waals surface area contributed by atoms with Crippen LogP contribution in [0.4, 0.5) is 0 Å². The summed E-state index contributed by atoms with van der Waals surface area (Å²) in [5.41, 5.74) is 1.81.